The molecule has 0 radical (unpaired) electrons. The maximum Gasteiger partial charge on any atom is 0.408 e. The van der Waals surface area contributed by atoms with E-state index in [0.717, 1.165) is 23.1 Å². The summed E-state index contributed by atoms with van der Waals surface area (Å²) in [5.74, 6) is 0.212. The van der Waals surface area contributed by atoms with Crippen LogP contribution in [-0.4, -0.2) is 49.5 Å². The topological polar surface area (TPSA) is 84.5 Å². The summed E-state index contributed by atoms with van der Waals surface area (Å²) < 4.78 is 5.46. The van der Waals surface area contributed by atoms with Crippen LogP contribution < -0.4 is 31.4 Å². The van der Waals surface area contributed by atoms with E-state index in [1.165, 1.54) is 37.9 Å². The highest BCUT2D eigenvalue weighted by Crippen LogP contribution is 2.29. The smallest absolute Gasteiger partial charge is 0.408 e. The zero-order valence-electron chi connectivity index (χ0n) is 30.8. The Morgan fingerprint density at radius 1 is 0.959 bits per heavy atom. The highest BCUT2D eigenvalue weighted by molar-refractivity contribution is 7.98. The van der Waals surface area contributed by atoms with Crippen LogP contribution in [0.3, 0.4) is 0 Å². The molecule has 2 N–H and O–H groups in total. The number of carbonyl (C=O) groups is 3. The minimum absolute atomic E-state index is 0.0451. The number of ether oxygens (including phenoxy) is 1. The number of nitrogens with one attached hydrogen (secondary N) is 2. The van der Waals surface area contributed by atoms with Gasteiger partial charge < -0.3 is 15.4 Å². The summed E-state index contributed by atoms with van der Waals surface area (Å²) in [4.78, 5) is 40.4. The summed E-state index contributed by atoms with van der Waals surface area (Å²) in [5.41, 5.74) is 4.87. The van der Waals surface area contributed by atoms with Crippen LogP contribution in [0.2, 0.25) is 13.1 Å². The quantitative estimate of drug-likeness (QED) is 0.160. The Bertz CT molecular complexity index is 1810. The lowest BCUT2D eigenvalue weighted by Gasteiger charge is -2.34. The fraction of sp³-hybridized carbons (Fsp3) is 0.439. The van der Waals surface area contributed by atoms with E-state index in [1.54, 1.807) is 32.5 Å². The van der Waals surface area contributed by atoms with Gasteiger partial charge in [-0.05, 0) is 120 Å². The van der Waals surface area contributed by atoms with E-state index in [2.05, 4.69) is 91.8 Å². The molecule has 0 spiro atoms. The standard InChI is InChI=1S/C41H54N2O4SSi/c1-26(2)22-34(43-40(46)47-41(5,6)7)35(44)24-29(15-13-21-48-8)39(45)42-30-18-20-33-37(25-30)49(9,10)36-23-27(3)17-19-32(36)38(33)31-16-12-11-14-28(31)4/h11-12,14,16-20,23,25-26,29,34H,3,13,15,21-22,24H2,1-2,4-10H3,(H,42,45)(H,43,46)/t29-,34+/m1/s1. The lowest BCUT2D eigenvalue weighted by molar-refractivity contribution is -0.127. The van der Waals surface area contributed by atoms with Gasteiger partial charge in [0.2, 0.25) is 5.91 Å². The number of ketones is 1. The first-order valence-electron chi connectivity index (χ1n) is 17.4. The van der Waals surface area contributed by atoms with E-state index >= 15 is 0 Å². The van der Waals surface area contributed by atoms with Gasteiger partial charge in [-0.15, -0.1) is 0 Å². The van der Waals surface area contributed by atoms with Crippen molar-refractivity contribution < 1.29 is 19.1 Å². The molecule has 0 saturated heterocycles. The summed E-state index contributed by atoms with van der Waals surface area (Å²) in [6, 6.07) is 20.6. The number of carbonyl (C=O) groups excluding carboxylic acids is 3. The third-order valence-electron chi connectivity index (χ3n) is 9.18. The van der Waals surface area contributed by atoms with Gasteiger partial charge in [0, 0.05) is 18.0 Å². The Kier molecular flexibility index (Phi) is 12.4. The van der Waals surface area contributed by atoms with Gasteiger partial charge in [0.1, 0.15) is 13.7 Å². The van der Waals surface area contributed by atoms with Crippen LogP contribution in [0.15, 0.2) is 60.7 Å². The Hall–Kier alpha value is -3.62. The van der Waals surface area contributed by atoms with Gasteiger partial charge in [-0.25, -0.2) is 4.79 Å². The van der Waals surface area contributed by atoms with Gasteiger partial charge >= 0.3 is 6.09 Å². The molecule has 1 heterocycles. The molecule has 6 nitrogen and oxygen atoms in total. The van der Waals surface area contributed by atoms with Crippen molar-refractivity contribution in [2.45, 2.75) is 92.0 Å². The first kappa shape index (κ1) is 38.2. The molecule has 0 aromatic heterocycles. The highest BCUT2D eigenvalue weighted by atomic mass is 32.2. The minimum atomic E-state index is -2.20. The average Bonchev–Trinajstić information content (AvgIpc) is 3.00. The molecule has 2 amide bonds. The Morgan fingerprint density at radius 3 is 2.33 bits per heavy atom. The zero-order valence-corrected chi connectivity index (χ0v) is 32.6. The summed E-state index contributed by atoms with van der Waals surface area (Å²) in [7, 11) is -2.20. The number of fused-ring (bicyclic) bond motifs is 2. The monoisotopic (exact) mass is 698 g/mol. The number of thioether (sulfide) groups is 1. The zero-order chi connectivity index (χ0) is 36.1. The number of alkyl carbamates (subject to hydrolysis) is 1. The molecule has 8 heteroatoms. The molecule has 1 aliphatic heterocycles. The summed E-state index contributed by atoms with van der Waals surface area (Å²) in [6.07, 6.45) is 3.33. The number of Topliss-reactive ketones (excluding diaryl/α,β-unsaturated/α-hetero) is 1. The van der Waals surface area contributed by atoms with Gasteiger partial charge in [0.25, 0.3) is 0 Å². The van der Waals surface area contributed by atoms with E-state index in [0.29, 0.717) is 12.8 Å². The molecule has 0 saturated carbocycles. The Morgan fingerprint density at radius 2 is 1.67 bits per heavy atom. The fourth-order valence-corrected chi connectivity index (χ4v) is 10.3. The maximum atomic E-state index is 14.0. The number of hydrogen-bond acceptors (Lipinski definition) is 5. The van der Waals surface area contributed by atoms with Gasteiger partial charge in [-0.3, -0.25) is 9.59 Å². The van der Waals surface area contributed by atoms with Crippen LogP contribution in [0.5, 0.6) is 0 Å². The van der Waals surface area contributed by atoms with Crippen molar-refractivity contribution in [3.63, 3.8) is 0 Å². The molecule has 3 aromatic rings. The van der Waals surface area contributed by atoms with E-state index < -0.39 is 31.7 Å². The van der Waals surface area contributed by atoms with Gasteiger partial charge in [-0.2, -0.15) is 11.8 Å². The summed E-state index contributed by atoms with van der Waals surface area (Å²) in [6.45, 7) is 20.5. The molecule has 0 fully saturated rings. The third kappa shape index (κ3) is 9.54. The van der Waals surface area contributed by atoms with E-state index in [-0.39, 0.29) is 24.0 Å². The van der Waals surface area contributed by atoms with E-state index in [4.69, 9.17) is 4.74 Å². The fourth-order valence-electron chi connectivity index (χ4n) is 6.74. The van der Waals surface area contributed by atoms with Crippen molar-refractivity contribution >= 4 is 65.8 Å². The second-order valence-corrected chi connectivity index (χ2v) is 20.6. The molecule has 4 rings (SSSR count). The average molecular weight is 699 g/mol. The third-order valence-corrected chi connectivity index (χ3v) is 13.4. The number of hydrogen-bond donors (Lipinski definition) is 2. The lowest BCUT2D eigenvalue weighted by Crippen LogP contribution is -2.63. The molecule has 0 unspecified atom stereocenters. The number of benzene rings is 3. The van der Waals surface area contributed by atoms with Crippen molar-refractivity contribution in [1.82, 2.24) is 5.32 Å². The van der Waals surface area contributed by atoms with Crippen LogP contribution in [0.4, 0.5) is 10.5 Å². The van der Waals surface area contributed by atoms with Crippen molar-refractivity contribution in [3.05, 3.63) is 87.8 Å². The molecule has 0 aliphatic carbocycles. The molecule has 262 valence electrons. The van der Waals surface area contributed by atoms with Crippen LogP contribution in [0.25, 0.3) is 12.2 Å². The first-order valence-corrected chi connectivity index (χ1v) is 21.8. The molecular formula is C41H54N2O4SSi. The summed E-state index contributed by atoms with van der Waals surface area (Å²) >= 11 is 1.72. The normalized spacial score (nSPS) is 14.8. The minimum Gasteiger partial charge on any atom is -0.444 e. The highest BCUT2D eigenvalue weighted by Gasteiger charge is 2.36. The molecular weight excluding hydrogens is 645 g/mol. The predicted octanol–water partition coefficient (Wildman–Crippen LogP) is 6.39. The lowest BCUT2D eigenvalue weighted by atomic mass is 9.90. The van der Waals surface area contributed by atoms with Crippen molar-refractivity contribution in [1.29, 1.82) is 0 Å². The molecule has 1 aliphatic rings. The second kappa shape index (κ2) is 15.9. The Balaban J connectivity index is 1.67. The largest absolute Gasteiger partial charge is 0.444 e. The summed E-state index contributed by atoms with van der Waals surface area (Å²) in [5, 5.41) is 10.8. The van der Waals surface area contributed by atoms with Gasteiger partial charge in [0.05, 0.1) is 6.04 Å². The predicted molar refractivity (Wildman–Crippen MR) is 209 cm³/mol. The van der Waals surface area contributed by atoms with E-state index in [1.807, 2.05) is 26.2 Å². The van der Waals surface area contributed by atoms with Gasteiger partial charge in [-0.1, -0.05) is 82.1 Å². The first-order chi connectivity index (χ1) is 23.0. The maximum absolute atomic E-state index is 14.0. The van der Waals surface area contributed by atoms with Crippen LogP contribution in [0, 0.1) is 18.8 Å². The van der Waals surface area contributed by atoms with Crippen LogP contribution in [0.1, 0.15) is 77.0 Å². The van der Waals surface area contributed by atoms with Gasteiger partial charge in [0.15, 0.2) is 5.78 Å². The number of amides is 2. The van der Waals surface area contributed by atoms with Crippen molar-refractivity contribution in [2.24, 2.45) is 11.8 Å². The molecule has 2 atom stereocenters. The number of rotatable bonds is 13. The second-order valence-electron chi connectivity index (χ2n) is 15.3. The van der Waals surface area contributed by atoms with Crippen LogP contribution >= 0.6 is 11.8 Å². The number of anilines is 1. The van der Waals surface area contributed by atoms with E-state index in [9.17, 15) is 14.4 Å². The molecule has 49 heavy (non-hydrogen) atoms. The Labute approximate surface area is 298 Å². The molecule has 0 bridgehead atoms. The van der Waals surface area contributed by atoms with Crippen LogP contribution in [-0.2, 0) is 14.3 Å². The van der Waals surface area contributed by atoms with Crippen molar-refractivity contribution in [2.75, 3.05) is 17.3 Å². The van der Waals surface area contributed by atoms with Crippen molar-refractivity contribution in [3.8, 4) is 0 Å². The number of aryl methyl sites for hydroxylation is 1. The molecule has 3 aromatic carbocycles. The SMILES string of the molecule is C=c1ccc2c(c1)[Si](C)(C)c1cc(NC(=O)[C@H](CCCSC)CC(=O)[C@H](CC(C)C)NC(=O)OC(C)(C)C)ccc1C=2c1ccccc1C.